The molecule has 2 rings (SSSR count). The summed E-state index contributed by atoms with van der Waals surface area (Å²) in [4.78, 5) is 49.0. The number of hydrogen-bond donors (Lipinski definition) is 1. The maximum Gasteiger partial charge on any atom is 0.317 e. The Morgan fingerprint density at radius 1 is 1.10 bits per heavy atom. The number of nitro groups is 1. The molecule has 1 N–H and O–H groups in total. The van der Waals surface area contributed by atoms with Gasteiger partial charge in [0.2, 0.25) is 0 Å². The van der Waals surface area contributed by atoms with E-state index in [1.54, 1.807) is 27.7 Å². The van der Waals surface area contributed by atoms with Crippen LogP contribution in [0.3, 0.4) is 0 Å². The average molecular weight is 421 g/mol. The smallest absolute Gasteiger partial charge is 0.317 e. The van der Waals surface area contributed by atoms with Crippen molar-refractivity contribution in [1.29, 1.82) is 0 Å². The lowest BCUT2D eigenvalue weighted by molar-refractivity contribution is -0.384. The second-order valence-corrected chi connectivity index (χ2v) is 8.30. The molecule has 4 atom stereocenters. The predicted octanol–water partition coefficient (Wildman–Crippen LogP) is 2.54. The van der Waals surface area contributed by atoms with Crippen LogP contribution in [-0.2, 0) is 23.9 Å². The van der Waals surface area contributed by atoms with Crippen molar-refractivity contribution in [2.24, 2.45) is 11.8 Å². The zero-order chi connectivity index (χ0) is 22.8. The summed E-state index contributed by atoms with van der Waals surface area (Å²) in [5, 5.41) is 22.0. The molecule has 0 aliphatic heterocycles. The van der Waals surface area contributed by atoms with Crippen molar-refractivity contribution in [3.05, 3.63) is 39.9 Å². The first-order valence-corrected chi connectivity index (χ1v) is 9.75. The Morgan fingerprint density at radius 2 is 1.60 bits per heavy atom. The van der Waals surface area contributed by atoms with Gasteiger partial charge in [0.05, 0.1) is 28.7 Å². The number of ketones is 1. The van der Waals surface area contributed by atoms with E-state index >= 15 is 0 Å². The first-order chi connectivity index (χ1) is 13.8. The minimum Gasteiger partial charge on any atom is -0.463 e. The molecule has 0 aromatic heterocycles. The first-order valence-electron chi connectivity index (χ1n) is 9.75. The van der Waals surface area contributed by atoms with Crippen molar-refractivity contribution in [3.8, 4) is 0 Å². The van der Waals surface area contributed by atoms with Crippen LogP contribution in [0.5, 0.6) is 0 Å². The molecule has 0 radical (unpaired) electrons. The number of carbonyl (C=O) groups is 3. The molecule has 0 spiro atoms. The van der Waals surface area contributed by atoms with Crippen LogP contribution in [0.25, 0.3) is 0 Å². The maximum absolute atomic E-state index is 12.9. The summed E-state index contributed by atoms with van der Waals surface area (Å²) in [5.74, 6) is -5.82. The van der Waals surface area contributed by atoms with Crippen LogP contribution in [0.4, 0.5) is 5.69 Å². The predicted molar refractivity (Wildman–Crippen MR) is 106 cm³/mol. The van der Waals surface area contributed by atoms with E-state index in [-0.39, 0.29) is 5.69 Å². The molecule has 0 bridgehead atoms. The standard InChI is InChI=1S/C21H27NO8/c1-11(2)29-19(24)17-15(23)10-21(5,26)18(20(25)30-12(3)4)16(17)13-6-8-14(9-7-13)22(27)28/h6-9,11-12,16-18,26H,10H2,1-5H3/t16-,17+,18-,21-/m0/s1. The third-order valence-corrected chi connectivity index (χ3v) is 4.97. The van der Waals surface area contributed by atoms with Gasteiger partial charge in [-0.15, -0.1) is 0 Å². The SMILES string of the molecule is CC(C)OC(=O)[C@@H]1C(=O)C[C@](C)(O)[C@H](C(=O)OC(C)C)[C@H]1c1ccc([N+](=O)[O-])cc1. The molecule has 9 heteroatoms. The van der Waals surface area contributed by atoms with E-state index in [0.29, 0.717) is 5.56 Å². The van der Waals surface area contributed by atoms with Gasteiger partial charge in [-0.2, -0.15) is 0 Å². The first kappa shape index (κ1) is 23.5. The van der Waals surface area contributed by atoms with Crippen molar-refractivity contribution < 1.29 is 33.9 Å². The average Bonchev–Trinajstić information content (AvgIpc) is 2.58. The Balaban J connectivity index is 2.62. The summed E-state index contributed by atoms with van der Waals surface area (Å²) >= 11 is 0. The lowest BCUT2D eigenvalue weighted by Gasteiger charge is -2.44. The van der Waals surface area contributed by atoms with E-state index in [1.165, 1.54) is 31.2 Å². The molecular weight excluding hydrogens is 394 g/mol. The van der Waals surface area contributed by atoms with Crippen LogP contribution in [0.1, 0.15) is 52.5 Å². The lowest BCUT2D eigenvalue weighted by Crippen LogP contribution is -2.55. The van der Waals surface area contributed by atoms with Crippen molar-refractivity contribution in [2.75, 3.05) is 0 Å². The zero-order valence-corrected chi connectivity index (χ0v) is 17.7. The maximum atomic E-state index is 12.9. The third kappa shape index (κ3) is 5.02. The van der Waals surface area contributed by atoms with Gasteiger partial charge in [0.25, 0.3) is 5.69 Å². The van der Waals surface area contributed by atoms with Crippen LogP contribution < -0.4 is 0 Å². The second-order valence-electron chi connectivity index (χ2n) is 8.30. The van der Waals surface area contributed by atoms with Gasteiger partial charge in [-0.3, -0.25) is 24.5 Å². The summed E-state index contributed by atoms with van der Waals surface area (Å²) in [6.07, 6.45) is -1.40. The molecule has 0 saturated heterocycles. The topological polar surface area (TPSA) is 133 Å². The van der Waals surface area contributed by atoms with Crippen LogP contribution in [0.2, 0.25) is 0 Å². The highest BCUT2D eigenvalue weighted by molar-refractivity contribution is 6.02. The van der Waals surface area contributed by atoms with Gasteiger partial charge < -0.3 is 14.6 Å². The Hall–Kier alpha value is -2.81. The monoisotopic (exact) mass is 421 g/mol. The summed E-state index contributed by atoms with van der Waals surface area (Å²) in [6, 6.07) is 5.20. The fraction of sp³-hybridized carbons (Fsp3) is 0.571. The van der Waals surface area contributed by atoms with Crippen molar-refractivity contribution in [1.82, 2.24) is 0 Å². The number of ether oxygens (including phenoxy) is 2. The van der Waals surface area contributed by atoms with Crippen molar-refractivity contribution >= 4 is 23.4 Å². The number of Topliss-reactive ketones (excluding diaryl/α,β-unsaturated/α-hetero) is 1. The van der Waals surface area contributed by atoms with Gasteiger partial charge in [-0.1, -0.05) is 12.1 Å². The fourth-order valence-electron chi connectivity index (χ4n) is 3.85. The minimum atomic E-state index is -1.77. The molecule has 30 heavy (non-hydrogen) atoms. The van der Waals surface area contributed by atoms with Crippen LogP contribution in [0.15, 0.2) is 24.3 Å². The number of hydrogen-bond acceptors (Lipinski definition) is 8. The highest BCUT2D eigenvalue weighted by Crippen LogP contribution is 2.47. The van der Waals surface area contributed by atoms with Gasteiger partial charge in [0, 0.05) is 24.5 Å². The van der Waals surface area contributed by atoms with E-state index < -0.39 is 64.6 Å². The molecule has 0 unspecified atom stereocenters. The van der Waals surface area contributed by atoms with E-state index in [4.69, 9.17) is 9.47 Å². The van der Waals surface area contributed by atoms with Crippen molar-refractivity contribution in [3.63, 3.8) is 0 Å². The molecule has 164 valence electrons. The molecular formula is C21H27NO8. The molecule has 0 heterocycles. The zero-order valence-electron chi connectivity index (χ0n) is 17.7. The number of benzene rings is 1. The Labute approximate surface area is 174 Å². The van der Waals surface area contributed by atoms with E-state index in [2.05, 4.69) is 0 Å². The number of rotatable bonds is 6. The molecule has 1 aromatic rings. The molecule has 0 amide bonds. The van der Waals surface area contributed by atoms with Gasteiger partial charge in [-0.05, 0) is 40.2 Å². The summed E-state index contributed by atoms with van der Waals surface area (Å²) in [5.41, 5.74) is -1.63. The van der Waals surface area contributed by atoms with Gasteiger partial charge in [0.15, 0.2) is 5.78 Å². The molecule has 1 aliphatic rings. The highest BCUT2D eigenvalue weighted by Gasteiger charge is 2.57. The van der Waals surface area contributed by atoms with E-state index in [0.717, 1.165) is 0 Å². The molecule has 1 fully saturated rings. The number of nitro benzene ring substituents is 1. The van der Waals surface area contributed by atoms with Gasteiger partial charge >= 0.3 is 11.9 Å². The van der Waals surface area contributed by atoms with E-state index in [9.17, 15) is 29.6 Å². The normalized spacial score (nSPS) is 26.5. The minimum absolute atomic E-state index is 0.185. The van der Waals surface area contributed by atoms with Crippen LogP contribution in [0, 0.1) is 22.0 Å². The third-order valence-electron chi connectivity index (χ3n) is 4.97. The number of aliphatic hydroxyl groups is 1. The van der Waals surface area contributed by atoms with E-state index in [1.807, 2.05) is 0 Å². The quantitative estimate of drug-likeness (QED) is 0.321. The van der Waals surface area contributed by atoms with Gasteiger partial charge in [-0.25, -0.2) is 0 Å². The van der Waals surface area contributed by atoms with Crippen LogP contribution in [-0.4, -0.2) is 45.6 Å². The molecule has 1 aromatic carbocycles. The number of non-ortho nitro benzene ring substituents is 1. The van der Waals surface area contributed by atoms with Crippen LogP contribution >= 0.6 is 0 Å². The molecule has 1 saturated carbocycles. The van der Waals surface area contributed by atoms with Crippen molar-refractivity contribution in [2.45, 2.75) is 64.8 Å². The lowest BCUT2D eigenvalue weighted by atomic mass is 9.61. The fourth-order valence-corrected chi connectivity index (χ4v) is 3.85. The number of carbonyl (C=O) groups excluding carboxylic acids is 3. The number of nitrogens with zero attached hydrogens (tertiary/aromatic N) is 1. The summed E-state index contributed by atoms with van der Waals surface area (Å²) in [7, 11) is 0. The second kappa shape index (κ2) is 8.91. The van der Waals surface area contributed by atoms with Gasteiger partial charge in [0.1, 0.15) is 5.92 Å². The largest absolute Gasteiger partial charge is 0.463 e. The Kier molecular flexibility index (Phi) is 6.97. The Morgan fingerprint density at radius 3 is 2.07 bits per heavy atom. The molecule has 9 nitrogen and oxygen atoms in total. The Bertz CT molecular complexity index is 820. The summed E-state index contributed by atoms with van der Waals surface area (Å²) in [6.45, 7) is 7.90. The number of esters is 2. The highest BCUT2D eigenvalue weighted by atomic mass is 16.6. The summed E-state index contributed by atoms with van der Waals surface area (Å²) < 4.78 is 10.6. The molecule has 1 aliphatic carbocycles.